The number of hydrogen-bond acceptors (Lipinski definition) is 3. The van der Waals surface area contributed by atoms with Gasteiger partial charge in [0.25, 0.3) is 0 Å². The molecular formula is C9H10N2O3. The second-order valence-electron chi connectivity index (χ2n) is 3.16. The zero-order valence-electron chi connectivity index (χ0n) is 7.32. The quantitative estimate of drug-likeness (QED) is 0.490. The molecule has 1 aromatic carbocycles. The average molecular weight is 194 g/mol. The highest BCUT2D eigenvalue weighted by Gasteiger charge is 2.21. The van der Waals surface area contributed by atoms with Gasteiger partial charge in [-0.15, -0.1) is 0 Å². The monoisotopic (exact) mass is 194 g/mol. The molecule has 14 heavy (non-hydrogen) atoms. The zero-order valence-corrected chi connectivity index (χ0v) is 7.32. The molecule has 2 rings (SSSR count). The van der Waals surface area contributed by atoms with Gasteiger partial charge in [0, 0.05) is 6.54 Å². The summed E-state index contributed by atoms with van der Waals surface area (Å²) in [6.07, 6.45) is 0. The van der Waals surface area contributed by atoms with Crippen molar-refractivity contribution in [2.45, 2.75) is 6.04 Å². The minimum atomic E-state index is -0.220. The predicted molar refractivity (Wildman–Crippen MR) is 49.0 cm³/mol. The normalized spacial score (nSPS) is 20.3. The number of aromatic hydroxyl groups is 2. The Bertz CT molecular complexity index is 378. The standard InChI is InChI=1S/C9H10N2O3/c12-7-2-1-5(3-8(7)13)6-4-10-9(14)11-6/h1-3,6,12-13H,4H2,(H2,10,11,14)/t6-/m1/s1. The van der Waals surface area contributed by atoms with Crippen LogP contribution in [0.15, 0.2) is 18.2 Å². The van der Waals surface area contributed by atoms with Crippen LogP contribution in [0.4, 0.5) is 4.79 Å². The van der Waals surface area contributed by atoms with Crippen LogP contribution in [-0.2, 0) is 0 Å². The molecule has 2 amide bonds. The lowest BCUT2D eigenvalue weighted by molar-refractivity contribution is 0.247. The fraction of sp³-hybridized carbons (Fsp3) is 0.222. The van der Waals surface area contributed by atoms with Crippen LogP contribution in [0.5, 0.6) is 11.5 Å². The van der Waals surface area contributed by atoms with E-state index in [4.69, 9.17) is 5.11 Å². The van der Waals surface area contributed by atoms with Crippen molar-refractivity contribution < 1.29 is 15.0 Å². The molecule has 1 fully saturated rings. The Labute approximate surface area is 80.4 Å². The van der Waals surface area contributed by atoms with Crippen LogP contribution in [-0.4, -0.2) is 22.8 Å². The van der Waals surface area contributed by atoms with E-state index >= 15 is 0 Å². The van der Waals surface area contributed by atoms with Gasteiger partial charge in [-0.05, 0) is 17.7 Å². The number of carbonyl (C=O) groups is 1. The Hall–Kier alpha value is -1.91. The summed E-state index contributed by atoms with van der Waals surface area (Å²) in [5.74, 6) is -0.338. The minimum absolute atomic E-state index is 0.144. The first-order chi connectivity index (χ1) is 6.66. The highest BCUT2D eigenvalue weighted by Crippen LogP contribution is 2.28. The minimum Gasteiger partial charge on any atom is -0.504 e. The van der Waals surface area contributed by atoms with Crippen LogP contribution in [0.1, 0.15) is 11.6 Å². The summed E-state index contributed by atoms with van der Waals surface area (Å²) in [5.41, 5.74) is 0.763. The number of amides is 2. The third-order valence-electron chi connectivity index (χ3n) is 2.17. The van der Waals surface area contributed by atoms with E-state index in [0.717, 1.165) is 5.56 Å². The average Bonchev–Trinajstić information content (AvgIpc) is 2.57. The number of benzene rings is 1. The molecule has 0 radical (unpaired) electrons. The zero-order chi connectivity index (χ0) is 10.1. The molecule has 1 heterocycles. The van der Waals surface area contributed by atoms with Crippen molar-refractivity contribution in [1.29, 1.82) is 0 Å². The molecule has 1 aromatic rings. The van der Waals surface area contributed by atoms with Crippen LogP contribution in [0, 0.1) is 0 Å². The fourth-order valence-electron chi connectivity index (χ4n) is 1.41. The summed E-state index contributed by atoms with van der Waals surface area (Å²) in [6.45, 7) is 0.489. The van der Waals surface area contributed by atoms with Gasteiger partial charge in [0.2, 0.25) is 0 Å². The van der Waals surface area contributed by atoms with E-state index in [-0.39, 0.29) is 23.6 Å². The highest BCUT2D eigenvalue weighted by atomic mass is 16.3. The summed E-state index contributed by atoms with van der Waals surface area (Å²) in [4.78, 5) is 10.8. The van der Waals surface area contributed by atoms with Gasteiger partial charge >= 0.3 is 6.03 Å². The SMILES string of the molecule is O=C1NC[C@H](c2ccc(O)c(O)c2)N1. The second-order valence-corrected chi connectivity index (χ2v) is 3.16. The largest absolute Gasteiger partial charge is 0.504 e. The molecule has 5 heteroatoms. The van der Waals surface area contributed by atoms with Crippen LogP contribution in [0.2, 0.25) is 0 Å². The highest BCUT2D eigenvalue weighted by molar-refractivity contribution is 5.76. The van der Waals surface area contributed by atoms with Crippen molar-refractivity contribution >= 4 is 6.03 Å². The molecule has 1 saturated heterocycles. The Morgan fingerprint density at radius 3 is 2.64 bits per heavy atom. The van der Waals surface area contributed by atoms with E-state index in [9.17, 15) is 9.90 Å². The number of phenolic OH excluding ortho intramolecular Hbond substituents is 2. The van der Waals surface area contributed by atoms with Crippen molar-refractivity contribution in [2.75, 3.05) is 6.54 Å². The van der Waals surface area contributed by atoms with Crippen molar-refractivity contribution in [3.63, 3.8) is 0 Å². The molecular weight excluding hydrogens is 184 g/mol. The van der Waals surface area contributed by atoms with E-state index < -0.39 is 0 Å². The molecule has 0 unspecified atom stereocenters. The molecule has 0 aromatic heterocycles. The number of nitrogens with one attached hydrogen (secondary N) is 2. The first kappa shape index (κ1) is 8.68. The molecule has 1 atom stereocenters. The Kier molecular flexibility index (Phi) is 1.92. The maximum atomic E-state index is 10.8. The molecule has 1 aliphatic heterocycles. The lowest BCUT2D eigenvalue weighted by atomic mass is 10.1. The number of urea groups is 1. The fourth-order valence-corrected chi connectivity index (χ4v) is 1.41. The lowest BCUT2D eigenvalue weighted by Crippen LogP contribution is -2.21. The maximum Gasteiger partial charge on any atom is 0.315 e. The molecule has 0 bridgehead atoms. The van der Waals surface area contributed by atoms with Gasteiger partial charge in [0.15, 0.2) is 11.5 Å². The summed E-state index contributed by atoms with van der Waals surface area (Å²) < 4.78 is 0. The third-order valence-corrected chi connectivity index (χ3v) is 2.17. The molecule has 74 valence electrons. The number of rotatable bonds is 1. The third kappa shape index (κ3) is 1.44. The molecule has 1 aliphatic rings. The number of phenols is 2. The van der Waals surface area contributed by atoms with Gasteiger partial charge in [0.1, 0.15) is 0 Å². The van der Waals surface area contributed by atoms with E-state index in [0.29, 0.717) is 6.54 Å². The van der Waals surface area contributed by atoms with E-state index in [1.807, 2.05) is 0 Å². The molecule has 0 aliphatic carbocycles. The molecule has 4 N–H and O–H groups in total. The van der Waals surface area contributed by atoms with Crippen molar-refractivity contribution in [3.8, 4) is 11.5 Å². The summed E-state index contributed by atoms with van der Waals surface area (Å²) >= 11 is 0. The molecule has 0 spiro atoms. The topological polar surface area (TPSA) is 81.6 Å². The maximum absolute atomic E-state index is 10.8. The van der Waals surface area contributed by atoms with Gasteiger partial charge in [-0.25, -0.2) is 4.79 Å². The van der Waals surface area contributed by atoms with Crippen LogP contribution >= 0.6 is 0 Å². The lowest BCUT2D eigenvalue weighted by Gasteiger charge is -2.09. The number of carbonyl (C=O) groups excluding carboxylic acids is 1. The second kappa shape index (κ2) is 3.10. The smallest absolute Gasteiger partial charge is 0.315 e. The van der Waals surface area contributed by atoms with Gasteiger partial charge < -0.3 is 20.8 Å². The van der Waals surface area contributed by atoms with Crippen molar-refractivity contribution in [3.05, 3.63) is 23.8 Å². The van der Waals surface area contributed by atoms with Gasteiger partial charge in [-0.1, -0.05) is 6.07 Å². The van der Waals surface area contributed by atoms with Gasteiger partial charge in [0.05, 0.1) is 6.04 Å². The van der Waals surface area contributed by atoms with E-state index in [1.54, 1.807) is 6.07 Å². The summed E-state index contributed by atoms with van der Waals surface area (Å²) in [5, 5.41) is 23.6. The molecule has 0 saturated carbocycles. The van der Waals surface area contributed by atoms with Crippen molar-refractivity contribution in [1.82, 2.24) is 10.6 Å². The van der Waals surface area contributed by atoms with Crippen molar-refractivity contribution in [2.24, 2.45) is 0 Å². The Balaban J connectivity index is 2.24. The van der Waals surface area contributed by atoms with E-state index in [2.05, 4.69) is 10.6 Å². The molecule has 5 nitrogen and oxygen atoms in total. The van der Waals surface area contributed by atoms with Gasteiger partial charge in [-0.2, -0.15) is 0 Å². The first-order valence-electron chi connectivity index (χ1n) is 4.23. The van der Waals surface area contributed by atoms with E-state index in [1.165, 1.54) is 12.1 Å². The number of hydrogen-bond donors (Lipinski definition) is 4. The van der Waals surface area contributed by atoms with Crippen LogP contribution < -0.4 is 10.6 Å². The predicted octanol–water partition coefficient (Wildman–Crippen LogP) is 0.452. The summed E-state index contributed by atoms with van der Waals surface area (Å²) in [7, 11) is 0. The van der Waals surface area contributed by atoms with Crippen LogP contribution in [0.25, 0.3) is 0 Å². The Morgan fingerprint density at radius 2 is 2.07 bits per heavy atom. The van der Waals surface area contributed by atoms with Gasteiger partial charge in [-0.3, -0.25) is 0 Å². The summed E-state index contributed by atoms with van der Waals surface area (Å²) in [6, 6.07) is 4.13. The van der Waals surface area contributed by atoms with Crippen LogP contribution in [0.3, 0.4) is 0 Å². The first-order valence-corrected chi connectivity index (χ1v) is 4.23. The Morgan fingerprint density at radius 1 is 1.29 bits per heavy atom.